The van der Waals surface area contributed by atoms with Crippen molar-refractivity contribution >= 4 is 17.4 Å². The van der Waals surface area contributed by atoms with Crippen molar-refractivity contribution in [3.05, 3.63) is 41.6 Å². The summed E-state index contributed by atoms with van der Waals surface area (Å²) in [6.45, 7) is 5.60. The fraction of sp³-hybridized carbons (Fsp3) is 0.381. The predicted molar refractivity (Wildman–Crippen MR) is 110 cm³/mol. The number of pyridine rings is 1. The van der Waals surface area contributed by atoms with Gasteiger partial charge in [0.2, 0.25) is 0 Å². The largest absolute Gasteiger partial charge is 0.485 e. The van der Waals surface area contributed by atoms with Crippen LogP contribution in [0.15, 0.2) is 35.5 Å². The van der Waals surface area contributed by atoms with Gasteiger partial charge in [-0.1, -0.05) is 0 Å². The Bertz CT molecular complexity index is 961. The second-order valence-corrected chi connectivity index (χ2v) is 7.83. The van der Waals surface area contributed by atoms with Crippen LogP contribution in [0.25, 0.3) is 0 Å². The molecule has 1 aromatic heterocycles. The number of hydrogen-bond acceptors (Lipinski definition) is 8. The lowest BCUT2D eigenvalue weighted by atomic mass is 10.1. The maximum atomic E-state index is 9.30. The van der Waals surface area contributed by atoms with Gasteiger partial charge in [-0.2, -0.15) is 10.5 Å². The van der Waals surface area contributed by atoms with E-state index in [2.05, 4.69) is 26.9 Å². The van der Waals surface area contributed by atoms with Gasteiger partial charge in [0.15, 0.2) is 11.5 Å². The lowest BCUT2D eigenvalue weighted by Crippen LogP contribution is -2.47. The van der Waals surface area contributed by atoms with E-state index in [-0.39, 0.29) is 0 Å². The molecule has 0 N–H and O–H groups in total. The third-order valence-corrected chi connectivity index (χ3v) is 6.02. The Labute approximate surface area is 174 Å². The molecule has 3 heterocycles. The summed E-state index contributed by atoms with van der Waals surface area (Å²) in [5, 5.41) is 19.3. The van der Waals surface area contributed by atoms with Crippen LogP contribution >= 0.6 is 11.8 Å². The van der Waals surface area contributed by atoms with Crippen LogP contribution in [0.4, 0.5) is 5.69 Å². The Hall–Kier alpha value is -2.94. The number of piperazine rings is 1. The van der Waals surface area contributed by atoms with Crippen LogP contribution in [0.3, 0.4) is 0 Å². The second-order valence-electron chi connectivity index (χ2n) is 6.74. The van der Waals surface area contributed by atoms with Crippen molar-refractivity contribution in [2.75, 3.05) is 56.6 Å². The summed E-state index contributed by atoms with van der Waals surface area (Å²) in [4.78, 5) is 9.02. The molecule has 0 radical (unpaired) electrons. The summed E-state index contributed by atoms with van der Waals surface area (Å²) in [6, 6.07) is 11.7. The van der Waals surface area contributed by atoms with Crippen LogP contribution in [0.5, 0.6) is 11.5 Å². The van der Waals surface area contributed by atoms with Gasteiger partial charge < -0.3 is 14.4 Å². The first-order valence-corrected chi connectivity index (χ1v) is 10.6. The van der Waals surface area contributed by atoms with Crippen LogP contribution in [-0.2, 0) is 0 Å². The number of aromatic nitrogens is 1. The maximum absolute atomic E-state index is 9.30. The van der Waals surface area contributed by atoms with E-state index >= 15 is 0 Å². The number of thioether (sulfide) groups is 1. The molecule has 0 spiro atoms. The van der Waals surface area contributed by atoms with Gasteiger partial charge in [-0.3, -0.25) is 4.90 Å². The molecule has 2 aliphatic heterocycles. The zero-order valence-corrected chi connectivity index (χ0v) is 16.8. The standard InChI is InChI=1S/C21H21N5O2S/c22-14-16-3-4-18(20-19(16)27-11-12-28-20)26-8-6-25(7-9-26)10-13-29-21-17(15-23)2-1-5-24-21/h1-5H,6-13H2. The average Bonchev–Trinajstić information content (AvgIpc) is 2.79. The van der Waals surface area contributed by atoms with E-state index in [1.807, 2.05) is 12.1 Å². The van der Waals surface area contributed by atoms with E-state index in [0.717, 1.165) is 49.2 Å². The van der Waals surface area contributed by atoms with Crippen molar-refractivity contribution in [2.24, 2.45) is 0 Å². The second kappa shape index (κ2) is 9.04. The quantitative estimate of drug-likeness (QED) is 0.699. The summed E-state index contributed by atoms with van der Waals surface area (Å²) in [5.41, 5.74) is 2.15. The minimum absolute atomic E-state index is 0.473. The van der Waals surface area contributed by atoms with Gasteiger partial charge in [0, 0.05) is 44.7 Å². The van der Waals surface area contributed by atoms with E-state index in [4.69, 9.17) is 14.7 Å². The van der Waals surface area contributed by atoms with E-state index in [0.29, 0.717) is 35.8 Å². The number of benzene rings is 1. The first-order valence-electron chi connectivity index (χ1n) is 9.58. The van der Waals surface area contributed by atoms with Gasteiger partial charge in [0.1, 0.15) is 30.4 Å². The van der Waals surface area contributed by atoms with Crippen LogP contribution in [0.2, 0.25) is 0 Å². The molecular formula is C21H21N5O2S. The molecule has 2 aliphatic rings. The zero-order valence-electron chi connectivity index (χ0n) is 16.0. The van der Waals surface area contributed by atoms with E-state index in [9.17, 15) is 5.26 Å². The topological polar surface area (TPSA) is 85.4 Å². The maximum Gasteiger partial charge on any atom is 0.186 e. The van der Waals surface area contributed by atoms with Crippen molar-refractivity contribution in [1.82, 2.24) is 9.88 Å². The molecule has 0 amide bonds. The van der Waals surface area contributed by atoms with Gasteiger partial charge in [-0.25, -0.2) is 4.98 Å². The Morgan fingerprint density at radius 2 is 1.72 bits per heavy atom. The molecule has 1 fully saturated rings. The van der Waals surface area contributed by atoms with Gasteiger partial charge in [0.25, 0.3) is 0 Å². The third-order valence-electron chi connectivity index (χ3n) is 5.04. The predicted octanol–water partition coefficient (Wildman–Crippen LogP) is 2.51. The lowest BCUT2D eigenvalue weighted by molar-refractivity contribution is 0.171. The monoisotopic (exact) mass is 407 g/mol. The Kier molecular flexibility index (Phi) is 6.04. The summed E-state index contributed by atoms with van der Waals surface area (Å²) in [7, 11) is 0. The highest BCUT2D eigenvalue weighted by Crippen LogP contribution is 2.42. The highest BCUT2D eigenvalue weighted by atomic mass is 32.2. The molecule has 7 nitrogen and oxygen atoms in total. The Morgan fingerprint density at radius 1 is 0.966 bits per heavy atom. The minimum atomic E-state index is 0.473. The number of ether oxygens (including phenoxy) is 2. The summed E-state index contributed by atoms with van der Waals surface area (Å²) in [5.74, 6) is 2.16. The molecular weight excluding hydrogens is 386 g/mol. The first kappa shape index (κ1) is 19.4. The van der Waals surface area contributed by atoms with Crippen molar-refractivity contribution in [3.63, 3.8) is 0 Å². The van der Waals surface area contributed by atoms with Crippen molar-refractivity contribution in [1.29, 1.82) is 10.5 Å². The first-order chi connectivity index (χ1) is 14.3. The SMILES string of the molecule is N#Cc1cccnc1SCCN1CCN(c2ccc(C#N)c3c2OCCO3)CC1. The zero-order chi connectivity index (χ0) is 20.1. The van der Waals surface area contributed by atoms with E-state index < -0.39 is 0 Å². The number of nitrogens with zero attached hydrogens (tertiary/aromatic N) is 5. The molecule has 0 aliphatic carbocycles. The van der Waals surface area contributed by atoms with E-state index in [1.54, 1.807) is 30.1 Å². The summed E-state index contributed by atoms with van der Waals surface area (Å²) < 4.78 is 11.5. The van der Waals surface area contributed by atoms with Gasteiger partial charge >= 0.3 is 0 Å². The highest BCUT2D eigenvalue weighted by molar-refractivity contribution is 7.99. The van der Waals surface area contributed by atoms with Gasteiger partial charge in [0.05, 0.1) is 16.8 Å². The average molecular weight is 407 g/mol. The molecule has 0 unspecified atom stereocenters. The fourth-order valence-corrected chi connectivity index (χ4v) is 4.48. The molecule has 1 aromatic carbocycles. The van der Waals surface area contributed by atoms with Crippen LogP contribution in [0, 0.1) is 22.7 Å². The minimum Gasteiger partial charge on any atom is -0.485 e. The number of fused-ring (bicyclic) bond motifs is 1. The van der Waals surface area contributed by atoms with Crippen LogP contribution in [0.1, 0.15) is 11.1 Å². The lowest BCUT2D eigenvalue weighted by Gasteiger charge is -2.37. The van der Waals surface area contributed by atoms with Crippen molar-refractivity contribution in [3.8, 4) is 23.6 Å². The molecule has 0 bridgehead atoms. The van der Waals surface area contributed by atoms with Crippen molar-refractivity contribution in [2.45, 2.75) is 5.03 Å². The number of hydrogen-bond donors (Lipinski definition) is 0. The van der Waals surface area contributed by atoms with E-state index in [1.165, 1.54) is 0 Å². The van der Waals surface area contributed by atoms with Gasteiger partial charge in [-0.15, -0.1) is 11.8 Å². The molecule has 0 saturated carbocycles. The Balaban J connectivity index is 1.33. The molecule has 4 rings (SSSR count). The van der Waals surface area contributed by atoms with Crippen LogP contribution < -0.4 is 14.4 Å². The molecule has 0 atom stereocenters. The molecule has 1 saturated heterocycles. The Morgan fingerprint density at radius 3 is 2.48 bits per heavy atom. The van der Waals surface area contributed by atoms with Gasteiger partial charge in [-0.05, 0) is 24.3 Å². The summed E-state index contributed by atoms with van der Waals surface area (Å²) in [6.07, 6.45) is 1.73. The fourth-order valence-electron chi connectivity index (χ4n) is 3.53. The number of nitriles is 2. The smallest absolute Gasteiger partial charge is 0.186 e. The molecule has 8 heteroatoms. The number of rotatable bonds is 5. The normalized spacial score (nSPS) is 16.1. The third kappa shape index (κ3) is 4.24. The van der Waals surface area contributed by atoms with Crippen molar-refractivity contribution < 1.29 is 9.47 Å². The molecule has 2 aromatic rings. The number of anilines is 1. The molecule has 148 valence electrons. The highest BCUT2D eigenvalue weighted by Gasteiger charge is 2.25. The molecule has 29 heavy (non-hydrogen) atoms. The van der Waals surface area contributed by atoms with Crippen LogP contribution in [-0.4, -0.2) is 61.6 Å². The summed E-state index contributed by atoms with van der Waals surface area (Å²) >= 11 is 1.63.